The Labute approximate surface area is 33.0 Å². The van der Waals surface area contributed by atoms with E-state index in [1.165, 1.54) is 0 Å². The highest BCUT2D eigenvalue weighted by atomic mass is 14.2. The van der Waals surface area contributed by atoms with Crippen molar-refractivity contribution in [2.45, 2.75) is 12.7 Å². The molecule has 1 nitrogen and oxygen atoms in total. The molecule has 0 spiro atoms. The molecule has 0 N–H and O–H groups in total. The zero-order valence-corrected chi connectivity index (χ0v) is 2.94. The molecule has 0 unspecified atom stereocenters. The monoisotopic (exact) mass is 65.0 g/mol. The maximum absolute atomic E-state index is 7.74. The predicted octanol–water partition coefficient (Wildman–Crippen LogP) is 0.487. The van der Waals surface area contributed by atoms with Gasteiger partial charge in [0.15, 0.2) is 0 Å². The van der Waals surface area contributed by atoms with Crippen LogP contribution < -0.4 is 0 Å². The van der Waals surface area contributed by atoms with E-state index in [1.54, 1.807) is 0 Å². The van der Waals surface area contributed by atoms with Crippen molar-refractivity contribution in [1.29, 1.82) is 5.26 Å². The van der Waals surface area contributed by atoms with Crippen molar-refractivity contribution < 1.29 is 0 Å². The van der Waals surface area contributed by atoms with Crippen LogP contribution in [0, 0.1) is 11.3 Å². The maximum atomic E-state index is 7.74. The van der Waals surface area contributed by atoms with Gasteiger partial charge in [-0.1, -0.05) is 6.32 Å². The lowest BCUT2D eigenvalue weighted by Crippen LogP contribution is -1.59. The van der Waals surface area contributed by atoms with Crippen LogP contribution in [0.3, 0.4) is 0 Å². The minimum atomic E-state index is 0.472. The van der Waals surface area contributed by atoms with Crippen LogP contribution in [0.2, 0.25) is 6.32 Å². The molecule has 0 amide bonds. The molecule has 0 aliphatic heterocycles. The highest BCUT2D eigenvalue weighted by Gasteiger charge is 1.65. The van der Waals surface area contributed by atoms with Crippen LogP contribution in [-0.4, -0.2) is 7.85 Å². The Hall–Kier alpha value is -0.445. The van der Waals surface area contributed by atoms with Gasteiger partial charge in [-0.2, -0.15) is 5.26 Å². The second kappa shape index (κ2) is 3.55. The molecule has 2 heteroatoms. The van der Waals surface area contributed by atoms with Crippen LogP contribution in [0.5, 0.6) is 0 Å². The van der Waals surface area contributed by atoms with E-state index in [0.717, 1.165) is 0 Å². The zero-order chi connectivity index (χ0) is 4.12. The molecular formula is C3H4BN. The third-order valence-electron chi connectivity index (χ3n) is 0.256. The Morgan fingerprint density at radius 1 is 1.80 bits per heavy atom. The Morgan fingerprint density at radius 2 is 2.40 bits per heavy atom. The lowest BCUT2D eigenvalue weighted by molar-refractivity contribution is 1.21. The minimum Gasteiger partial charge on any atom is -0.198 e. The van der Waals surface area contributed by atoms with Gasteiger partial charge in [0.2, 0.25) is 0 Å². The normalized spacial score (nSPS) is 6.20. The van der Waals surface area contributed by atoms with E-state index in [9.17, 15) is 0 Å². The smallest absolute Gasteiger partial charge is 0.0666 e. The van der Waals surface area contributed by atoms with E-state index in [-0.39, 0.29) is 0 Å². The van der Waals surface area contributed by atoms with Crippen molar-refractivity contribution in [2.75, 3.05) is 0 Å². The maximum Gasteiger partial charge on any atom is 0.0666 e. The summed E-state index contributed by atoms with van der Waals surface area (Å²) >= 11 is 0. The number of nitriles is 1. The molecule has 0 aromatic rings. The van der Waals surface area contributed by atoms with E-state index >= 15 is 0 Å². The molecule has 2 radical (unpaired) electrons. The summed E-state index contributed by atoms with van der Waals surface area (Å²) in [5.41, 5.74) is 0. The lowest BCUT2D eigenvalue weighted by Gasteiger charge is -1.65. The minimum absolute atomic E-state index is 0.472. The van der Waals surface area contributed by atoms with Crippen LogP contribution in [0.25, 0.3) is 0 Å². The number of rotatable bonds is 1. The number of hydrogen-bond donors (Lipinski definition) is 0. The third-order valence-corrected chi connectivity index (χ3v) is 0.256. The molecule has 0 rings (SSSR count). The second-order valence-corrected chi connectivity index (χ2v) is 0.697. The van der Waals surface area contributed by atoms with Gasteiger partial charge in [-0.3, -0.25) is 0 Å². The predicted molar refractivity (Wildman–Crippen MR) is 20.8 cm³/mol. The first-order valence-electron chi connectivity index (χ1n) is 1.49. The standard InChI is InChI=1S/C3H4BN/c4-2-1-3-5/h1-2H2. The molecule has 5 heavy (non-hydrogen) atoms. The zero-order valence-electron chi connectivity index (χ0n) is 2.94. The summed E-state index contributed by atoms with van der Waals surface area (Å²) in [4.78, 5) is 0. The van der Waals surface area contributed by atoms with Gasteiger partial charge >= 0.3 is 0 Å². The van der Waals surface area contributed by atoms with Crippen LogP contribution in [0.15, 0.2) is 0 Å². The van der Waals surface area contributed by atoms with Crippen LogP contribution in [0.4, 0.5) is 0 Å². The summed E-state index contributed by atoms with van der Waals surface area (Å²) in [5, 5.41) is 7.74. The van der Waals surface area contributed by atoms with Crippen molar-refractivity contribution in [1.82, 2.24) is 0 Å². The van der Waals surface area contributed by atoms with E-state index < -0.39 is 0 Å². The molecule has 0 aromatic heterocycles. The summed E-state index contributed by atoms with van der Waals surface area (Å²) in [5.74, 6) is 0. The fourth-order valence-electron chi connectivity index (χ4n) is 0.0645. The summed E-state index contributed by atoms with van der Waals surface area (Å²) in [6.45, 7) is 0. The Kier molecular flexibility index (Phi) is 3.24. The molecule has 0 aliphatic carbocycles. The molecule has 0 atom stereocenters. The first-order valence-corrected chi connectivity index (χ1v) is 1.49. The van der Waals surface area contributed by atoms with Gasteiger partial charge < -0.3 is 0 Å². The quantitative estimate of drug-likeness (QED) is 0.407. The van der Waals surface area contributed by atoms with Gasteiger partial charge in [-0.15, -0.1) is 0 Å². The molecule has 0 fully saturated rings. The molecule has 0 heterocycles. The van der Waals surface area contributed by atoms with Crippen molar-refractivity contribution >= 4 is 7.85 Å². The number of nitrogens with zero attached hydrogens (tertiary/aromatic N) is 1. The fraction of sp³-hybridized carbons (Fsp3) is 0.667. The topological polar surface area (TPSA) is 23.8 Å². The van der Waals surface area contributed by atoms with E-state index in [2.05, 4.69) is 0 Å². The summed E-state index contributed by atoms with van der Waals surface area (Å²) in [7, 11) is 4.92. The van der Waals surface area contributed by atoms with Crippen molar-refractivity contribution in [2.24, 2.45) is 0 Å². The van der Waals surface area contributed by atoms with Crippen LogP contribution in [-0.2, 0) is 0 Å². The highest BCUT2D eigenvalue weighted by Crippen LogP contribution is 1.74. The van der Waals surface area contributed by atoms with Gasteiger partial charge in [-0.05, 0) is 0 Å². The second-order valence-electron chi connectivity index (χ2n) is 0.697. The lowest BCUT2D eigenvalue weighted by atomic mass is 10.0. The Bertz CT molecular complexity index is 45.3. The van der Waals surface area contributed by atoms with Gasteiger partial charge in [0.25, 0.3) is 0 Å². The number of hydrogen-bond acceptors (Lipinski definition) is 1. The van der Waals surface area contributed by atoms with Crippen molar-refractivity contribution in [3.63, 3.8) is 0 Å². The first-order chi connectivity index (χ1) is 2.41. The average Bonchev–Trinajstić information content (AvgIpc) is 1.41. The van der Waals surface area contributed by atoms with Gasteiger partial charge in [0, 0.05) is 6.42 Å². The van der Waals surface area contributed by atoms with Gasteiger partial charge in [0.1, 0.15) is 0 Å². The molecule has 0 aliphatic rings. The van der Waals surface area contributed by atoms with Crippen molar-refractivity contribution in [3.05, 3.63) is 0 Å². The third kappa shape index (κ3) is 3.55. The molecule has 0 bridgehead atoms. The SMILES string of the molecule is [B]CCC#N. The Balaban J connectivity index is 2.48. The molecule has 0 aromatic carbocycles. The van der Waals surface area contributed by atoms with E-state index in [4.69, 9.17) is 13.1 Å². The molecular weight excluding hydrogens is 60.9 g/mol. The summed E-state index contributed by atoms with van der Waals surface area (Å²) in [6, 6.07) is 1.89. The van der Waals surface area contributed by atoms with Gasteiger partial charge in [-0.25, -0.2) is 0 Å². The average molecular weight is 64.9 g/mol. The Morgan fingerprint density at radius 3 is 2.40 bits per heavy atom. The summed E-state index contributed by atoms with van der Waals surface area (Å²) in [6.07, 6.45) is 0.955. The van der Waals surface area contributed by atoms with Crippen LogP contribution >= 0.6 is 0 Å². The molecule has 0 saturated heterocycles. The summed E-state index contributed by atoms with van der Waals surface area (Å²) < 4.78 is 0. The largest absolute Gasteiger partial charge is 0.198 e. The van der Waals surface area contributed by atoms with Crippen LogP contribution in [0.1, 0.15) is 6.42 Å². The highest BCUT2D eigenvalue weighted by molar-refractivity contribution is 6.08. The molecule has 24 valence electrons. The van der Waals surface area contributed by atoms with Gasteiger partial charge in [0.05, 0.1) is 13.9 Å². The fourth-order valence-corrected chi connectivity index (χ4v) is 0.0645. The van der Waals surface area contributed by atoms with Crippen molar-refractivity contribution in [3.8, 4) is 6.07 Å². The van der Waals surface area contributed by atoms with E-state index in [0.29, 0.717) is 12.7 Å². The first kappa shape index (κ1) is 4.55. The van der Waals surface area contributed by atoms with E-state index in [1.807, 2.05) is 6.07 Å². The molecule has 0 saturated carbocycles.